The van der Waals surface area contributed by atoms with Crippen LogP contribution >= 0.6 is 11.3 Å². The lowest BCUT2D eigenvalue weighted by molar-refractivity contribution is -0.0667. The average molecular weight is 300 g/mol. The van der Waals surface area contributed by atoms with Crippen LogP contribution in [0, 0.1) is 0 Å². The molecule has 0 bridgehead atoms. The van der Waals surface area contributed by atoms with Crippen LogP contribution < -0.4 is 5.32 Å². The van der Waals surface area contributed by atoms with E-state index in [9.17, 15) is 4.79 Å². The van der Waals surface area contributed by atoms with Crippen molar-refractivity contribution in [3.63, 3.8) is 0 Å². The second-order valence-electron chi connectivity index (χ2n) is 4.78. The van der Waals surface area contributed by atoms with Gasteiger partial charge in [0.25, 0.3) is 5.91 Å². The van der Waals surface area contributed by atoms with Crippen LogP contribution in [0.15, 0.2) is 0 Å². The highest BCUT2D eigenvalue weighted by Crippen LogP contribution is 2.20. The van der Waals surface area contributed by atoms with Gasteiger partial charge < -0.3 is 20.1 Å². The summed E-state index contributed by atoms with van der Waals surface area (Å²) in [5.74, 6) is -0.152. The van der Waals surface area contributed by atoms with Crippen molar-refractivity contribution in [2.45, 2.75) is 32.4 Å². The van der Waals surface area contributed by atoms with Gasteiger partial charge in [-0.05, 0) is 13.3 Å². The average Bonchev–Trinajstić information content (AvgIpc) is 2.93. The summed E-state index contributed by atoms with van der Waals surface area (Å²) < 4.78 is 5.43. The number of anilines is 1. The van der Waals surface area contributed by atoms with Crippen molar-refractivity contribution in [2.24, 2.45) is 0 Å². The van der Waals surface area contributed by atoms with Crippen molar-refractivity contribution in [3.05, 3.63) is 5.01 Å². The van der Waals surface area contributed by atoms with Crippen LogP contribution in [0.25, 0.3) is 0 Å². The van der Waals surface area contributed by atoms with E-state index >= 15 is 0 Å². The highest BCUT2D eigenvalue weighted by Gasteiger charge is 2.31. The molecule has 7 nitrogen and oxygen atoms in total. The van der Waals surface area contributed by atoms with Gasteiger partial charge in [0.1, 0.15) is 0 Å². The van der Waals surface area contributed by atoms with E-state index in [-0.39, 0.29) is 24.7 Å². The number of carbonyl (C=O) groups excluding carboxylic acids is 1. The lowest BCUT2D eigenvalue weighted by Gasteiger charge is -2.36. The number of morpholine rings is 1. The summed E-state index contributed by atoms with van der Waals surface area (Å²) in [7, 11) is 0. The van der Waals surface area contributed by atoms with Gasteiger partial charge >= 0.3 is 0 Å². The zero-order chi connectivity index (χ0) is 14.5. The molecule has 0 saturated carbocycles. The van der Waals surface area contributed by atoms with Crippen LogP contribution in [-0.4, -0.2) is 64.6 Å². The first kappa shape index (κ1) is 15.1. The molecule has 1 aliphatic rings. The predicted octanol–water partition coefficient (Wildman–Crippen LogP) is 0.582. The minimum Gasteiger partial charge on any atom is -0.394 e. The summed E-state index contributed by atoms with van der Waals surface area (Å²) in [4.78, 5) is 14.1. The number of amides is 1. The monoisotopic (exact) mass is 300 g/mol. The normalized spacial score (nSPS) is 22.9. The molecule has 0 aliphatic carbocycles. The number of aliphatic hydroxyl groups excluding tert-OH is 1. The fourth-order valence-electron chi connectivity index (χ4n) is 1.95. The zero-order valence-electron chi connectivity index (χ0n) is 11.7. The van der Waals surface area contributed by atoms with Crippen molar-refractivity contribution in [3.8, 4) is 0 Å². The molecule has 112 valence electrons. The lowest BCUT2D eigenvalue weighted by atomic mass is 10.2. The molecular weight excluding hydrogens is 280 g/mol. The fraction of sp³-hybridized carbons (Fsp3) is 0.750. The number of nitrogens with one attached hydrogen (secondary N) is 1. The minimum atomic E-state index is -0.319. The van der Waals surface area contributed by atoms with Gasteiger partial charge in [0, 0.05) is 13.1 Å². The second kappa shape index (κ2) is 6.96. The van der Waals surface area contributed by atoms with Crippen LogP contribution in [0.4, 0.5) is 5.13 Å². The molecule has 1 amide bonds. The quantitative estimate of drug-likeness (QED) is 0.827. The van der Waals surface area contributed by atoms with Gasteiger partial charge in [-0.3, -0.25) is 4.79 Å². The Morgan fingerprint density at radius 3 is 3.10 bits per heavy atom. The first-order valence-electron chi connectivity index (χ1n) is 6.76. The molecular formula is C12H20N4O3S. The topological polar surface area (TPSA) is 87.6 Å². The van der Waals surface area contributed by atoms with Gasteiger partial charge in [0.15, 0.2) is 0 Å². The molecule has 20 heavy (non-hydrogen) atoms. The maximum atomic E-state index is 12.4. The standard InChI is InChI=1S/C12H20N4O3S/c1-3-4-13-12-15-14-10(20-12)11(18)16-5-9(6-17)19-7-8(16)2/h8-9,17H,3-7H2,1-2H3,(H,13,15). The summed E-state index contributed by atoms with van der Waals surface area (Å²) >= 11 is 1.26. The van der Waals surface area contributed by atoms with E-state index in [2.05, 4.69) is 22.4 Å². The molecule has 1 aromatic rings. The summed E-state index contributed by atoms with van der Waals surface area (Å²) in [6.07, 6.45) is 0.669. The van der Waals surface area contributed by atoms with Crippen molar-refractivity contribution < 1.29 is 14.6 Å². The zero-order valence-corrected chi connectivity index (χ0v) is 12.5. The van der Waals surface area contributed by atoms with Crippen LogP contribution in [-0.2, 0) is 4.74 Å². The maximum absolute atomic E-state index is 12.4. The lowest BCUT2D eigenvalue weighted by Crippen LogP contribution is -2.52. The van der Waals surface area contributed by atoms with Crippen LogP contribution in [0.1, 0.15) is 30.1 Å². The Morgan fingerprint density at radius 1 is 1.60 bits per heavy atom. The molecule has 2 N–H and O–H groups in total. The number of hydrogen-bond donors (Lipinski definition) is 2. The van der Waals surface area contributed by atoms with Gasteiger partial charge in [-0.15, -0.1) is 10.2 Å². The van der Waals surface area contributed by atoms with E-state index in [1.165, 1.54) is 11.3 Å². The molecule has 2 atom stereocenters. The van der Waals surface area contributed by atoms with Gasteiger partial charge in [0.2, 0.25) is 10.1 Å². The molecule has 1 aromatic heterocycles. The molecule has 1 saturated heterocycles. The predicted molar refractivity (Wildman–Crippen MR) is 76.0 cm³/mol. The number of nitrogens with zero attached hydrogens (tertiary/aromatic N) is 3. The van der Waals surface area contributed by atoms with Crippen molar-refractivity contribution in [1.82, 2.24) is 15.1 Å². The molecule has 2 rings (SSSR count). The molecule has 0 spiro atoms. The van der Waals surface area contributed by atoms with E-state index in [1.807, 2.05) is 6.92 Å². The third-order valence-electron chi connectivity index (χ3n) is 3.10. The third-order valence-corrected chi connectivity index (χ3v) is 3.97. The van der Waals surface area contributed by atoms with E-state index in [0.717, 1.165) is 13.0 Å². The molecule has 8 heteroatoms. The number of aromatic nitrogens is 2. The Kier molecular flexibility index (Phi) is 5.27. The van der Waals surface area contributed by atoms with Crippen LogP contribution in [0.3, 0.4) is 0 Å². The van der Waals surface area contributed by atoms with E-state index in [0.29, 0.717) is 23.3 Å². The Hall–Kier alpha value is -1.25. The second-order valence-corrected chi connectivity index (χ2v) is 5.76. The highest BCUT2D eigenvalue weighted by molar-refractivity contribution is 7.17. The van der Waals surface area contributed by atoms with Gasteiger partial charge in [0.05, 0.1) is 25.4 Å². The van der Waals surface area contributed by atoms with Crippen molar-refractivity contribution in [2.75, 3.05) is 31.6 Å². The Balaban J connectivity index is 2.03. The van der Waals surface area contributed by atoms with E-state index < -0.39 is 0 Å². The van der Waals surface area contributed by atoms with Crippen LogP contribution in [0.2, 0.25) is 0 Å². The Morgan fingerprint density at radius 2 is 2.40 bits per heavy atom. The number of aliphatic hydroxyl groups is 1. The number of rotatable bonds is 5. The van der Waals surface area contributed by atoms with Crippen molar-refractivity contribution in [1.29, 1.82) is 0 Å². The summed E-state index contributed by atoms with van der Waals surface area (Å²) in [6.45, 7) is 5.51. The maximum Gasteiger partial charge on any atom is 0.285 e. The number of carbonyl (C=O) groups is 1. The molecule has 0 radical (unpaired) electrons. The SMILES string of the molecule is CCCNc1nnc(C(=O)N2CC(CO)OCC2C)s1. The Labute approximate surface area is 122 Å². The van der Waals surface area contributed by atoms with Crippen molar-refractivity contribution >= 4 is 22.4 Å². The smallest absolute Gasteiger partial charge is 0.285 e. The first-order valence-corrected chi connectivity index (χ1v) is 7.58. The molecule has 2 unspecified atom stereocenters. The number of ether oxygens (including phenoxy) is 1. The summed E-state index contributed by atoms with van der Waals surface area (Å²) in [5, 5.41) is 21.2. The van der Waals surface area contributed by atoms with E-state index in [4.69, 9.17) is 9.84 Å². The molecule has 2 heterocycles. The largest absolute Gasteiger partial charge is 0.394 e. The van der Waals surface area contributed by atoms with Gasteiger partial charge in [-0.2, -0.15) is 0 Å². The minimum absolute atomic E-state index is 0.0266. The van der Waals surface area contributed by atoms with Gasteiger partial charge in [-0.25, -0.2) is 0 Å². The Bertz CT molecular complexity index is 454. The molecule has 0 aromatic carbocycles. The molecule has 1 fully saturated rings. The first-order chi connectivity index (χ1) is 9.65. The van der Waals surface area contributed by atoms with Crippen LogP contribution in [0.5, 0.6) is 0 Å². The summed E-state index contributed by atoms with van der Waals surface area (Å²) in [6, 6.07) is -0.0266. The van der Waals surface area contributed by atoms with Gasteiger partial charge in [-0.1, -0.05) is 18.3 Å². The highest BCUT2D eigenvalue weighted by atomic mass is 32.1. The molecule has 1 aliphatic heterocycles. The summed E-state index contributed by atoms with van der Waals surface area (Å²) in [5.41, 5.74) is 0. The fourth-order valence-corrected chi connectivity index (χ4v) is 2.67. The number of hydrogen-bond acceptors (Lipinski definition) is 7. The van der Waals surface area contributed by atoms with E-state index in [1.54, 1.807) is 4.90 Å². The third kappa shape index (κ3) is 3.44.